The van der Waals surface area contributed by atoms with Gasteiger partial charge in [0.2, 0.25) is 0 Å². The minimum atomic E-state index is -0.296. The fraction of sp³-hybridized carbons (Fsp3) is 0.111. The fourth-order valence-corrected chi connectivity index (χ4v) is 2.65. The van der Waals surface area contributed by atoms with Gasteiger partial charge >= 0.3 is 0 Å². The summed E-state index contributed by atoms with van der Waals surface area (Å²) in [6.07, 6.45) is 1.65. The predicted octanol–water partition coefficient (Wildman–Crippen LogP) is 3.27. The van der Waals surface area contributed by atoms with Gasteiger partial charge in [-0.05, 0) is 24.3 Å². The Bertz CT molecular complexity index is 859. The minimum Gasteiger partial charge on any atom is -0.493 e. The first-order valence-electron chi connectivity index (χ1n) is 7.21. The molecule has 2 aromatic carbocycles. The van der Waals surface area contributed by atoms with Crippen LogP contribution in [-0.4, -0.2) is 26.0 Å². The lowest BCUT2D eigenvalue weighted by molar-refractivity contribution is -0.115. The molecule has 1 aliphatic rings. The van der Waals surface area contributed by atoms with Crippen molar-refractivity contribution in [2.24, 2.45) is 4.99 Å². The van der Waals surface area contributed by atoms with Crippen molar-refractivity contribution in [3.05, 3.63) is 64.3 Å². The number of halogens is 1. The number of carbonyl (C=O) groups excluding carboxylic acids is 1. The van der Waals surface area contributed by atoms with Crippen molar-refractivity contribution in [1.82, 2.24) is 5.32 Å². The molecule has 1 aliphatic heterocycles. The number of amides is 1. The Morgan fingerprint density at radius 1 is 1.08 bits per heavy atom. The molecule has 24 heavy (non-hydrogen) atoms. The van der Waals surface area contributed by atoms with Crippen LogP contribution in [0.25, 0.3) is 6.08 Å². The van der Waals surface area contributed by atoms with Crippen molar-refractivity contribution in [2.45, 2.75) is 0 Å². The van der Waals surface area contributed by atoms with E-state index in [1.54, 1.807) is 38.5 Å². The molecular formula is C18H15ClN2O3. The van der Waals surface area contributed by atoms with E-state index in [2.05, 4.69) is 10.3 Å². The van der Waals surface area contributed by atoms with Gasteiger partial charge in [-0.1, -0.05) is 35.9 Å². The Balaban J connectivity index is 2.03. The molecule has 1 N–H and O–H groups in total. The van der Waals surface area contributed by atoms with E-state index >= 15 is 0 Å². The van der Waals surface area contributed by atoms with Gasteiger partial charge in [-0.15, -0.1) is 0 Å². The van der Waals surface area contributed by atoms with Gasteiger partial charge in [-0.25, -0.2) is 4.99 Å². The lowest BCUT2D eigenvalue weighted by atomic mass is 10.1. The van der Waals surface area contributed by atoms with Gasteiger partial charge < -0.3 is 14.8 Å². The molecule has 3 rings (SSSR count). The van der Waals surface area contributed by atoms with Crippen LogP contribution in [0.4, 0.5) is 0 Å². The molecule has 122 valence electrons. The lowest BCUT2D eigenvalue weighted by Gasteiger charge is -2.09. The third-order valence-electron chi connectivity index (χ3n) is 3.55. The first-order chi connectivity index (χ1) is 11.6. The average molecular weight is 343 g/mol. The highest BCUT2D eigenvalue weighted by Gasteiger charge is 2.23. The second-order valence-electron chi connectivity index (χ2n) is 5.01. The zero-order valence-electron chi connectivity index (χ0n) is 13.2. The molecule has 0 saturated carbocycles. The molecule has 0 radical (unpaired) electrons. The van der Waals surface area contributed by atoms with Crippen LogP contribution in [0.15, 0.2) is 53.2 Å². The van der Waals surface area contributed by atoms with Crippen LogP contribution in [0.1, 0.15) is 11.1 Å². The predicted molar refractivity (Wildman–Crippen MR) is 93.7 cm³/mol. The van der Waals surface area contributed by atoms with E-state index in [4.69, 9.17) is 21.1 Å². The molecule has 2 aromatic rings. The number of aliphatic imine (C=N–C) groups is 1. The number of nitrogens with zero attached hydrogens (tertiary/aromatic N) is 1. The summed E-state index contributed by atoms with van der Waals surface area (Å²) in [5, 5.41) is 3.26. The first-order valence-corrected chi connectivity index (χ1v) is 7.59. The van der Waals surface area contributed by atoms with Crippen LogP contribution in [0, 0.1) is 0 Å². The standard InChI is InChI=1S/C18H15ClN2O3/c1-23-15-9-5-6-11(16(15)24-2)10-14-18(22)21-17(20-14)12-7-3-4-8-13(12)19/h3-10H,1-2H3,(H,20,21,22). The summed E-state index contributed by atoms with van der Waals surface area (Å²) < 4.78 is 10.6. The third-order valence-corrected chi connectivity index (χ3v) is 3.88. The molecule has 0 atom stereocenters. The van der Waals surface area contributed by atoms with E-state index in [-0.39, 0.29) is 11.6 Å². The zero-order valence-corrected chi connectivity index (χ0v) is 13.9. The molecule has 0 saturated heterocycles. The van der Waals surface area contributed by atoms with Crippen LogP contribution in [0.5, 0.6) is 11.5 Å². The summed E-state index contributed by atoms with van der Waals surface area (Å²) in [7, 11) is 3.11. The molecule has 0 unspecified atom stereocenters. The summed E-state index contributed by atoms with van der Waals surface area (Å²) in [5.74, 6) is 1.26. The van der Waals surface area contributed by atoms with Gasteiger partial charge in [0.25, 0.3) is 5.91 Å². The Morgan fingerprint density at radius 2 is 1.88 bits per heavy atom. The summed E-state index contributed by atoms with van der Waals surface area (Å²) in [6.45, 7) is 0. The number of rotatable bonds is 4. The van der Waals surface area contributed by atoms with Crippen LogP contribution >= 0.6 is 11.6 Å². The fourth-order valence-electron chi connectivity index (χ4n) is 2.42. The van der Waals surface area contributed by atoms with Crippen LogP contribution in [0.2, 0.25) is 5.02 Å². The maximum absolute atomic E-state index is 12.2. The van der Waals surface area contributed by atoms with E-state index in [1.807, 2.05) is 24.3 Å². The maximum atomic E-state index is 12.2. The van der Waals surface area contributed by atoms with E-state index in [0.717, 1.165) is 0 Å². The van der Waals surface area contributed by atoms with E-state index < -0.39 is 0 Å². The van der Waals surface area contributed by atoms with Crippen LogP contribution in [-0.2, 0) is 4.79 Å². The van der Waals surface area contributed by atoms with Crippen molar-refractivity contribution >= 4 is 29.4 Å². The summed E-state index contributed by atoms with van der Waals surface area (Å²) in [5.41, 5.74) is 1.65. The second kappa shape index (κ2) is 6.76. The number of carbonyl (C=O) groups is 1. The van der Waals surface area contributed by atoms with Crippen molar-refractivity contribution in [3.8, 4) is 11.5 Å². The van der Waals surface area contributed by atoms with Gasteiger partial charge in [0.15, 0.2) is 11.5 Å². The maximum Gasteiger partial charge on any atom is 0.275 e. The monoisotopic (exact) mass is 342 g/mol. The molecule has 0 aromatic heterocycles. The van der Waals surface area contributed by atoms with Crippen molar-refractivity contribution in [1.29, 1.82) is 0 Å². The Hall–Kier alpha value is -2.79. The molecule has 0 aliphatic carbocycles. The second-order valence-corrected chi connectivity index (χ2v) is 5.41. The highest BCUT2D eigenvalue weighted by Crippen LogP contribution is 2.32. The minimum absolute atomic E-state index is 0.275. The number of ether oxygens (including phenoxy) is 2. The Morgan fingerprint density at radius 3 is 2.58 bits per heavy atom. The molecule has 5 nitrogen and oxygen atoms in total. The zero-order chi connectivity index (χ0) is 17.1. The van der Waals surface area contributed by atoms with Crippen LogP contribution < -0.4 is 14.8 Å². The topological polar surface area (TPSA) is 59.9 Å². The number of benzene rings is 2. The lowest BCUT2D eigenvalue weighted by Crippen LogP contribution is -2.24. The highest BCUT2D eigenvalue weighted by molar-refractivity contribution is 6.35. The number of para-hydroxylation sites is 1. The summed E-state index contributed by atoms with van der Waals surface area (Å²) in [6, 6.07) is 12.6. The number of amidine groups is 1. The molecule has 0 bridgehead atoms. The number of hydrogen-bond donors (Lipinski definition) is 1. The van der Waals surface area contributed by atoms with E-state index in [9.17, 15) is 4.79 Å². The van der Waals surface area contributed by atoms with E-state index in [0.29, 0.717) is 33.5 Å². The van der Waals surface area contributed by atoms with Crippen molar-refractivity contribution in [3.63, 3.8) is 0 Å². The van der Waals surface area contributed by atoms with E-state index in [1.165, 1.54) is 0 Å². The Labute approximate surface area is 144 Å². The Kier molecular flexibility index (Phi) is 4.53. The van der Waals surface area contributed by atoms with Gasteiger partial charge in [0.05, 0.1) is 19.2 Å². The third kappa shape index (κ3) is 2.98. The first kappa shape index (κ1) is 16.1. The van der Waals surface area contributed by atoms with Crippen LogP contribution in [0.3, 0.4) is 0 Å². The molecule has 1 heterocycles. The molecular weight excluding hydrogens is 328 g/mol. The largest absolute Gasteiger partial charge is 0.493 e. The SMILES string of the molecule is COc1cccc(C=C2N=C(c3ccccc3Cl)NC2=O)c1OC. The van der Waals surface area contributed by atoms with Crippen molar-refractivity contribution < 1.29 is 14.3 Å². The molecule has 0 spiro atoms. The molecule has 6 heteroatoms. The smallest absolute Gasteiger partial charge is 0.275 e. The summed E-state index contributed by atoms with van der Waals surface area (Å²) in [4.78, 5) is 16.6. The number of methoxy groups -OCH3 is 2. The highest BCUT2D eigenvalue weighted by atomic mass is 35.5. The van der Waals surface area contributed by atoms with Crippen molar-refractivity contribution in [2.75, 3.05) is 14.2 Å². The molecule has 0 fully saturated rings. The molecule has 1 amide bonds. The summed E-state index contributed by atoms with van der Waals surface area (Å²) >= 11 is 6.16. The van der Waals surface area contributed by atoms with Gasteiger partial charge in [0.1, 0.15) is 11.5 Å². The van der Waals surface area contributed by atoms with Gasteiger partial charge in [-0.3, -0.25) is 4.79 Å². The quantitative estimate of drug-likeness (QED) is 0.867. The van der Waals surface area contributed by atoms with Gasteiger partial charge in [-0.2, -0.15) is 0 Å². The average Bonchev–Trinajstić information content (AvgIpc) is 2.95. The van der Waals surface area contributed by atoms with Gasteiger partial charge in [0, 0.05) is 11.1 Å². The number of hydrogen-bond acceptors (Lipinski definition) is 4. The number of nitrogens with one attached hydrogen (secondary N) is 1. The normalized spacial score (nSPS) is 15.2.